The summed E-state index contributed by atoms with van der Waals surface area (Å²) in [6.45, 7) is 3.72. The zero-order valence-electron chi connectivity index (χ0n) is 11.1. The molecule has 1 saturated carbocycles. The number of carbonyl (C=O) groups is 2. The Bertz CT molecular complexity index is 364. The Kier molecular flexibility index (Phi) is 3.70. The largest absolute Gasteiger partial charge is 0.378 e. The summed E-state index contributed by atoms with van der Waals surface area (Å²) in [6, 6.07) is 0.552. The van der Waals surface area contributed by atoms with Crippen LogP contribution >= 0.6 is 0 Å². The standard InChI is InChI=1S/C13H21N3O3/c17-12(7-10-9-19-6-3-14-10)15-4-5-16(11-1-2-11)13(18)8-15/h10-11,14H,1-9H2. The lowest BCUT2D eigenvalue weighted by Crippen LogP contribution is -2.54. The molecule has 6 heteroatoms. The summed E-state index contributed by atoms with van der Waals surface area (Å²) in [5.74, 6) is 0.168. The normalized spacial score (nSPS) is 28.6. The minimum Gasteiger partial charge on any atom is -0.378 e. The molecular formula is C13H21N3O3. The van der Waals surface area contributed by atoms with Gasteiger partial charge in [-0.25, -0.2) is 0 Å². The third-order valence-electron chi connectivity index (χ3n) is 4.02. The molecule has 1 unspecified atom stereocenters. The lowest BCUT2D eigenvalue weighted by atomic mass is 10.1. The van der Waals surface area contributed by atoms with Crippen LogP contribution in [0.5, 0.6) is 0 Å². The van der Waals surface area contributed by atoms with Gasteiger partial charge in [-0.15, -0.1) is 0 Å². The second kappa shape index (κ2) is 5.46. The number of piperazine rings is 1. The Morgan fingerprint density at radius 3 is 2.84 bits per heavy atom. The van der Waals surface area contributed by atoms with E-state index in [0.29, 0.717) is 38.8 Å². The van der Waals surface area contributed by atoms with Crippen LogP contribution in [0.3, 0.4) is 0 Å². The zero-order valence-corrected chi connectivity index (χ0v) is 11.1. The number of rotatable bonds is 3. The molecule has 0 aromatic heterocycles. The average Bonchev–Trinajstić information content (AvgIpc) is 3.24. The van der Waals surface area contributed by atoms with E-state index in [1.54, 1.807) is 4.90 Å². The Hall–Kier alpha value is -1.14. The molecule has 2 heterocycles. The molecule has 1 aliphatic carbocycles. The highest BCUT2D eigenvalue weighted by Gasteiger charge is 2.37. The van der Waals surface area contributed by atoms with Gasteiger partial charge in [0.1, 0.15) is 0 Å². The first-order valence-electron chi connectivity index (χ1n) is 7.12. The Morgan fingerprint density at radius 2 is 2.21 bits per heavy atom. The molecule has 0 spiro atoms. The van der Waals surface area contributed by atoms with Crippen molar-refractivity contribution in [1.82, 2.24) is 15.1 Å². The molecule has 3 rings (SSSR count). The van der Waals surface area contributed by atoms with Gasteiger partial charge in [0.2, 0.25) is 11.8 Å². The summed E-state index contributed by atoms with van der Waals surface area (Å²) in [4.78, 5) is 27.8. The predicted molar refractivity (Wildman–Crippen MR) is 68.5 cm³/mol. The fraction of sp³-hybridized carbons (Fsp3) is 0.846. The van der Waals surface area contributed by atoms with Crippen molar-refractivity contribution >= 4 is 11.8 Å². The van der Waals surface area contributed by atoms with Crippen LogP contribution in [0.15, 0.2) is 0 Å². The smallest absolute Gasteiger partial charge is 0.242 e. The van der Waals surface area contributed by atoms with Crippen LogP contribution in [0.2, 0.25) is 0 Å². The van der Waals surface area contributed by atoms with Crippen LogP contribution < -0.4 is 5.32 Å². The van der Waals surface area contributed by atoms with Crippen LogP contribution in [0.4, 0.5) is 0 Å². The molecule has 3 fully saturated rings. The van der Waals surface area contributed by atoms with Crippen molar-refractivity contribution in [2.75, 3.05) is 39.4 Å². The average molecular weight is 267 g/mol. The van der Waals surface area contributed by atoms with Gasteiger partial charge in [-0.3, -0.25) is 9.59 Å². The van der Waals surface area contributed by atoms with Crippen LogP contribution in [0.25, 0.3) is 0 Å². The van der Waals surface area contributed by atoms with Crippen LogP contribution in [-0.4, -0.2) is 73.1 Å². The van der Waals surface area contributed by atoms with Gasteiger partial charge in [0, 0.05) is 38.1 Å². The van der Waals surface area contributed by atoms with Crippen molar-refractivity contribution in [2.45, 2.75) is 31.3 Å². The van der Waals surface area contributed by atoms with Crippen molar-refractivity contribution in [1.29, 1.82) is 0 Å². The molecule has 2 saturated heterocycles. The molecule has 6 nitrogen and oxygen atoms in total. The monoisotopic (exact) mass is 267 g/mol. The minimum absolute atomic E-state index is 0.0618. The summed E-state index contributed by atoms with van der Waals surface area (Å²) in [5.41, 5.74) is 0. The van der Waals surface area contributed by atoms with Crippen LogP contribution in [-0.2, 0) is 14.3 Å². The molecule has 2 aliphatic heterocycles. The second-order valence-electron chi connectivity index (χ2n) is 5.56. The van der Waals surface area contributed by atoms with E-state index in [1.165, 1.54) is 0 Å². The molecule has 2 amide bonds. The van der Waals surface area contributed by atoms with E-state index in [4.69, 9.17) is 4.74 Å². The third-order valence-corrected chi connectivity index (χ3v) is 4.02. The highest BCUT2D eigenvalue weighted by atomic mass is 16.5. The van der Waals surface area contributed by atoms with Gasteiger partial charge < -0.3 is 19.9 Å². The molecule has 0 radical (unpaired) electrons. The maximum absolute atomic E-state index is 12.2. The van der Waals surface area contributed by atoms with Gasteiger partial charge in [-0.05, 0) is 12.8 Å². The Labute approximate surface area is 113 Å². The molecule has 1 N–H and O–H groups in total. The molecule has 3 aliphatic rings. The number of amides is 2. The molecular weight excluding hydrogens is 246 g/mol. The summed E-state index contributed by atoms with van der Waals surface area (Å²) in [5, 5.41) is 3.27. The summed E-state index contributed by atoms with van der Waals surface area (Å²) >= 11 is 0. The first-order valence-corrected chi connectivity index (χ1v) is 7.12. The molecule has 0 bridgehead atoms. The van der Waals surface area contributed by atoms with E-state index >= 15 is 0 Å². The number of hydrogen-bond acceptors (Lipinski definition) is 4. The zero-order chi connectivity index (χ0) is 13.2. The molecule has 106 valence electrons. The van der Waals surface area contributed by atoms with E-state index in [2.05, 4.69) is 5.32 Å². The number of morpholine rings is 1. The van der Waals surface area contributed by atoms with Gasteiger partial charge in [-0.1, -0.05) is 0 Å². The second-order valence-corrected chi connectivity index (χ2v) is 5.56. The fourth-order valence-electron chi connectivity index (χ4n) is 2.76. The highest BCUT2D eigenvalue weighted by molar-refractivity contribution is 5.86. The maximum Gasteiger partial charge on any atom is 0.242 e. The number of ether oxygens (including phenoxy) is 1. The molecule has 19 heavy (non-hydrogen) atoms. The summed E-state index contributed by atoms with van der Waals surface area (Å²) in [7, 11) is 0. The predicted octanol–water partition coefficient (Wildman–Crippen LogP) is -0.802. The first-order chi connectivity index (χ1) is 9.24. The topological polar surface area (TPSA) is 61.9 Å². The quantitative estimate of drug-likeness (QED) is 0.727. The maximum atomic E-state index is 12.2. The molecule has 0 aromatic rings. The minimum atomic E-state index is 0.0618. The summed E-state index contributed by atoms with van der Waals surface area (Å²) < 4.78 is 5.34. The summed E-state index contributed by atoms with van der Waals surface area (Å²) in [6.07, 6.45) is 2.68. The fourth-order valence-corrected chi connectivity index (χ4v) is 2.76. The van der Waals surface area contributed by atoms with Crippen molar-refractivity contribution in [3.05, 3.63) is 0 Å². The van der Waals surface area contributed by atoms with E-state index in [-0.39, 0.29) is 24.4 Å². The first kappa shape index (κ1) is 12.9. The Balaban J connectivity index is 1.48. The van der Waals surface area contributed by atoms with Gasteiger partial charge in [0.25, 0.3) is 0 Å². The highest BCUT2D eigenvalue weighted by Crippen LogP contribution is 2.28. The van der Waals surface area contributed by atoms with Gasteiger partial charge in [0.15, 0.2) is 0 Å². The number of nitrogens with zero attached hydrogens (tertiary/aromatic N) is 2. The molecule has 1 atom stereocenters. The third kappa shape index (κ3) is 3.06. The van der Waals surface area contributed by atoms with E-state index in [0.717, 1.165) is 19.4 Å². The lowest BCUT2D eigenvalue weighted by Gasteiger charge is -2.35. The van der Waals surface area contributed by atoms with E-state index in [9.17, 15) is 9.59 Å². The van der Waals surface area contributed by atoms with Crippen LogP contribution in [0.1, 0.15) is 19.3 Å². The van der Waals surface area contributed by atoms with Crippen molar-refractivity contribution < 1.29 is 14.3 Å². The van der Waals surface area contributed by atoms with E-state index < -0.39 is 0 Å². The van der Waals surface area contributed by atoms with Crippen molar-refractivity contribution in [3.63, 3.8) is 0 Å². The van der Waals surface area contributed by atoms with Gasteiger partial charge >= 0.3 is 0 Å². The number of carbonyl (C=O) groups excluding carboxylic acids is 2. The van der Waals surface area contributed by atoms with Crippen molar-refractivity contribution in [3.8, 4) is 0 Å². The van der Waals surface area contributed by atoms with E-state index in [1.807, 2.05) is 4.90 Å². The van der Waals surface area contributed by atoms with Gasteiger partial charge in [-0.2, -0.15) is 0 Å². The molecule has 0 aromatic carbocycles. The lowest BCUT2D eigenvalue weighted by molar-refractivity contribution is -0.146. The SMILES string of the molecule is O=C(CC1COCCN1)N1CCN(C2CC2)C(=O)C1. The van der Waals surface area contributed by atoms with Crippen molar-refractivity contribution in [2.24, 2.45) is 0 Å². The number of hydrogen-bond donors (Lipinski definition) is 1. The number of nitrogens with one attached hydrogen (secondary N) is 1. The van der Waals surface area contributed by atoms with Crippen LogP contribution in [0, 0.1) is 0 Å². The van der Waals surface area contributed by atoms with Gasteiger partial charge in [0.05, 0.1) is 19.8 Å². The Morgan fingerprint density at radius 1 is 1.37 bits per heavy atom.